The van der Waals surface area contributed by atoms with Gasteiger partial charge in [-0.15, -0.1) is 0 Å². The maximum Gasteiger partial charge on any atom is 0.337 e. The molecular formula is C13H13Cl2NO4. The third-order valence-corrected chi connectivity index (χ3v) is 3.57. The van der Waals surface area contributed by atoms with Crippen LogP contribution in [0.5, 0.6) is 0 Å². The van der Waals surface area contributed by atoms with Crippen molar-refractivity contribution < 1.29 is 19.4 Å². The van der Waals surface area contributed by atoms with Crippen molar-refractivity contribution in [3.8, 4) is 0 Å². The molecule has 1 heterocycles. The molecule has 2 unspecified atom stereocenters. The molecule has 2 N–H and O–H groups in total. The van der Waals surface area contributed by atoms with Crippen molar-refractivity contribution in [2.24, 2.45) is 0 Å². The molecule has 2 atom stereocenters. The number of carboxylic acids is 1. The Kier molecular flexibility index (Phi) is 4.52. The molecule has 0 aromatic heterocycles. The monoisotopic (exact) mass is 317 g/mol. The van der Waals surface area contributed by atoms with E-state index in [1.165, 1.54) is 12.1 Å². The number of benzene rings is 1. The van der Waals surface area contributed by atoms with Crippen LogP contribution in [0.3, 0.4) is 0 Å². The van der Waals surface area contributed by atoms with Crippen molar-refractivity contribution in [2.75, 3.05) is 5.32 Å². The van der Waals surface area contributed by atoms with E-state index in [0.29, 0.717) is 6.42 Å². The van der Waals surface area contributed by atoms with Gasteiger partial charge in [0.15, 0.2) is 0 Å². The van der Waals surface area contributed by atoms with Gasteiger partial charge in [0.05, 0.1) is 22.4 Å². The largest absolute Gasteiger partial charge is 0.478 e. The van der Waals surface area contributed by atoms with Crippen LogP contribution in [0.1, 0.15) is 30.1 Å². The predicted molar refractivity (Wildman–Crippen MR) is 75.6 cm³/mol. The Labute approximate surface area is 125 Å². The number of carbonyl (C=O) groups is 2. The lowest BCUT2D eigenvalue weighted by molar-refractivity contribution is -0.126. The summed E-state index contributed by atoms with van der Waals surface area (Å²) in [7, 11) is 0. The van der Waals surface area contributed by atoms with Crippen LogP contribution in [-0.2, 0) is 9.53 Å². The number of aromatic carboxylic acids is 1. The van der Waals surface area contributed by atoms with E-state index in [9.17, 15) is 9.59 Å². The number of hydrogen-bond donors (Lipinski definition) is 2. The zero-order valence-corrected chi connectivity index (χ0v) is 12.2. The first-order valence-electron chi connectivity index (χ1n) is 6.07. The van der Waals surface area contributed by atoms with Gasteiger partial charge in [0.25, 0.3) is 5.91 Å². The molecule has 1 aromatic carbocycles. The molecule has 5 nitrogen and oxygen atoms in total. The smallest absolute Gasteiger partial charge is 0.337 e. The maximum atomic E-state index is 12.1. The standard InChI is InChI=1S/C13H13Cl2NO4/c1-6-2-3-10(20-6)12(17)16-11-8(13(18)19)4-7(14)5-9(11)15/h4-6,10H,2-3H2,1H3,(H,16,17)(H,18,19). The number of carbonyl (C=O) groups excluding carboxylic acids is 1. The molecule has 7 heteroatoms. The van der Waals surface area contributed by atoms with Crippen molar-refractivity contribution in [1.29, 1.82) is 0 Å². The van der Waals surface area contributed by atoms with Gasteiger partial charge in [0, 0.05) is 5.02 Å². The minimum Gasteiger partial charge on any atom is -0.478 e. The number of amides is 1. The fraction of sp³-hybridized carbons (Fsp3) is 0.385. The molecule has 1 amide bonds. The topological polar surface area (TPSA) is 75.6 Å². The number of rotatable bonds is 3. The highest BCUT2D eigenvalue weighted by Gasteiger charge is 2.29. The highest BCUT2D eigenvalue weighted by Crippen LogP contribution is 2.31. The van der Waals surface area contributed by atoms with Gasteiger partial charge >= 0.3 is 5.97 Å². The second-order valence-electron chi connectivity index (χ2n) is 4.62. The quantitative estimate of drug-likeness (QED) is 0.897. The summed E-state index contributed by atoms with van der Waals surface area (Å²) in [6, 6.07) is 2.62. The first-order chi connectivity index (χ1) is 9.38. The maximum absolute atomic E-state index is 12.1. The summed E-state index contributed by atoms with van der Waals surface area (Å²) >= 11 is 11.7. The van der Waals surface area contributed by atoms with Gasteiger partial charge < -0.3 is 15.2 Å². The van der Waals surface area contributed by atoms with E-state index in [0.717, 1.165) is 6.42 Å². The molecule has 2 rings (SSSR count). The van der Waals surface area contributed by atoms with Crippen molar-refractivity contribution >= 4 is 40.8 Å². The summed E-state index contributed by atoms with van der Waals surface area (Å²) in [5.41, 5.74) is -0.112. The Morgan fingerprint density at radius 2 is 2.05 bits per heavy atom. The summed E-state index contributed by atoms with van der Waals surface area (Å²) < 4.78 is 5.43. The molecule has 1 aliphatic heterocycles. The number of halogens is 2. The van der Waals surface area contributed by atoms with Gasteiger partial charge in [0.1, 0.15) is 6.10 Å². The molecular weight excluding hydrogens is 305 g/mol. The van der Waals surface area contributed by atoms with E-state index < -0.39 is 18.0 Å². The van der Waals surface area contributed by atoms with Gasteiger partial charge in [0.2, 0.25) is 0 Å². The van der Waals surface area contributed by atoms with E-state index in [-0.39, 0.29) is 27.4 Å². The zero-order valence-electron chi connectivity index (χ0n) is 10.7. The number of hydrogen-bond acceptors (Lipinski definition) is 3. The minimum absolute atomic E-state index is 0.0189. The number of carboxylic acid groups (broad SMARTS) is 1. The Hall–Kier alpha value is -1.30. The van der Waals surface area contributed by atoms with Crippen LogP contribution in [-0.4, -0.2) is 29.2 Å². The second-order valence-corrected chi connectivity index (χ2v) is 5.46. The lowest BCUT2D eigenvalue weighted by Crippen LogP contribution is -2.28. The molecule has 0 aliphatic carbocycles. The van der Waals surface area contributed by atoms with Gasteiger partial charge in [-0.2, -0.15) is 0 Å². The summed E-state index contributed by atoms with van der Waals surface area (Å²) in [6.07, 6.45) is 0.822. The van der Waals surface area contributed by atoms with Gasteiger partial charge in [-0.3, -0.25) is 4.79 Å². The normalized spacial score (nSPS) is 21.8. The highest BCUT2D eigenvalue weighted by molar-refractivity contribution is 6.37. The average molecular weight is 318 g/mol. The van der Waals surface area contributed by atoms with Crippen LogP contribution in [0.15, 0.2) is 12.1 Å². The first-order valence-corrected chi connectivity index (χ1v) is 6.82. The van der Waals surface area contributed by atoms with Crippen LogP contribution in [0.4, 0.5) is 5.69 Å². The van der Waals surface area contributed by atoms with Crippen LogP contribution >= 0.6 is 23.2 Å². The van der Waals surface area contributed by atoms with Crippen molar-refractivity contribution in [3.63, 3.8) is 0 Å². The summed E-state index contributed by atoms with van der Waals surface area (Å²) in [4.78, 5) is 23.2. The van der Waals surface area contributed by atoms with Crippen LogP contribution in [0, 0.1) is 0 Å². The number of ether oxygens (including phenoxy) is 1. The first kappa shape index (κ1) is 15.1. The SMILES string of the molecule is CC1CCC(C(=O)Nc2c(Cl)cc(Cl)cc2C(=O)O)O1. The van der Waals surface area contributed by atoms with Crippen LogP contribution in [0.2, 0.25) is 10.0 Å². The van der Waals surface area contributed by atoms with Crippen LogP contribution < -0.4 is 5.32 Å². The van der Waals surface area contributed by atoms with Crippen molar-refractivity contribution in [1.82, 2.24) is 0 Å². The van der Waals surface area contributed by atoms with E-state index in [2.05, 4.69) is 5.32 Å². The third-order valence-electron chi connectivity index (χ3n) is 3.06. The fourth-order valence-electron chi connectivity index (χ4n) is 2.07. The van der Waals surface area contributed by atoms with E-state index >= 15 is 0 Å². The Balaban J connectivity index is 2.24. The van der Waals surface area contributed by atoms with Gasteiger partial charge in [-0.25, -0.2) is 4.79 Å². The molecule has 1 aliphatic rings. The molecule has 0 bridgehead atoms. The molecule has 0 radical (unpaired) electrons. The van der Waals surface area contributed by atoms with Crippen molar-refractivity contribution in [2.45, 2.75) is 32.0 Å². The number of anilines is 1. The summed E-state index contributed by atoms with van der Waals surface area (Å²) in [5, 5.41) is 11.9. The fourth-order valence-corrected chi connectivity index (χ4v) is 2.61. The zero-order chi connectivity index (χ0) is 14.9. The lowest BCUT2D eigenvalue weighted by Gasteiger charge is -2.14. The van der Waals surface area contributed by atoms with E-state index in [4.69, 9.17) is 33.0 Å². The van der Waals surface area contributed by atoms with Gasteiger partial charge in [-0.05, 0) is 31.9 Å². The molecule has 0 saturated carbocycles. The van der Waals surface area contributed by atoms with Crippen molar-refractivity contribution in [3.05, 3.63) is 27.7 Å². The molecule has 108 valence electrons. The molecule has 1 fully saturated rings. The molecule has 20 heavy (non-hydrogen) atoms. The minimum atomic E-state index is -1.22. The predicted octanol–water partition coefficient (Wildman–Crippen LogP) is 3.20. The van der Waals surface area contributed by atoms with Crippen LogP contribution in [0.25, 0.3) is 0 Å². The lowest BCUT2D eigenvalue weighted by atomic mass is 10.1. The van der Waals surface area contributed by atoms with E-state index in [1.807, 2.05) is 6.92 Å². The average Bonchev–Trinajstić information content (AvgIpc) is 2.78. The number of nitrogens with one attached hydrogen (secondary N) is 1. The molecule has 1 aromatic rings. The summed E-state index contributed by atoms with van der Waals surface area (Å²) in [5.74, 6) is -1.62. The summed E-state index contributed by atoms with van der Waals surface area (Å²) in [6.45, 7) is 1.88. The van der Waals surface area contributed by atoms with Gasteiger partial charge in [-0.1, -0.05) is 23.2 Å². The Bertz CT molecular complexity index is 562. The third kappa shape index (κ3) is 3.23. The highest BCUT2D eigenvalue weighted by atomic mass is 35.5. The van der Waals surface area contributed by atoms with E-state index in [1.54, 1.807) is 0 Å². The Morgan fingerprint density at radius 1 is 1.35 bits per heavy atom. The molecule has 1 saturated heterocycles. The molecule has 0 spiro atoms. The Morgan fingerprint density at radius 3 is 2.60 bits per heavy atom. The second kappa shape index (κ2) is 5.99.